The van der Waals surface area contributed by atoms with Crippen LogP contribution in [0.5, 0.6) is 11.5 Å². The van der Waals surface area contributed by atoms with Gasteiger partial charge in [0.15, 0.2) is 28.8 Å². The van der Waals surface area contributed by atoms with E-state index in [9.17, 15) is 14.0 Å². The smallest absolute Gasteiger partial charge is 0.282 e. The average Bonchev–Trinajstić information content (AvgIpc) is 3.63. The van der Waals surface area contributed by atoms with Crippen molar-refractivity contribution in [1.82, 2.24) is 25.0 Å². The lowest BCUT2D eigenvalue weighted by Crippen LogP contribution is -2.27. The van der Waals surface area contributed by atoms with Crippen molar-refractivity contribution in [2.75, 3.05) is 19.0 Å². The third kappa shape index (κ3) is 5.86. The Morgan fingerprint density at radius 1 is 1.07 bits per heavy atom. The van der Waals surface area contributed by atoms with Crippen molar-refractivity contribution in [3.63, 3.8) is 0 Å². The molecule has 0 amide bonds. The molecule has 0 spiro atoms. The van der Waals surface area contributed by atoms with Crippen molar-refractivity contribution >= 4 is 22.6 Å². The number of benzene rings is 2. The van der Waals surface area contributed by atoms with Gasteiger partial charge in [0, 0.05) is 44.0 Å². The zero-order chi connectivity index (χ0) is 29.9. The first-order valence-corrected chi connectivity index (χ1v) is 13.8. The molecule has 0 radical (unpaired) electrons. The molecule has 10 nitrogen and oxygen atoms in total. The first kappa shape index (κ1) is 28.2. The number of methoxy groups -OCH3 is 1. The lowest BCUT2D eigenvalue weighted by molar-refractivity contribution is 0.0991. The molecule has 1 aliphatic rings. The lowest BCUT2D eigenvalue weighted by Gasteiger charge is -2.20. The number of carbonyl (C=O) groups is 1. The van der Waals surface area contributed by atoms with Crippen LogP contribution in [0.3, 0.4) is 0 Å². The summed E-state index contributed by atoms with van der Waals surface area (Å²) in [5.41, 5.74) is 0.391. The number of aromatic amines is 1. The molecule has 1 aliphatic carbocycles. The van der Waals surface area contributed by atoms with Crippen LogP contribution in [0.4, 0.5) is 14.6 Å². The second-order valence-corrected chi connectivity index (χ2v) is 10.4. The molecule has 12 heteroatoms. The fraction of sp³-hybridized carbons (Fsp3) is 0.258. The summed E-state index contributed by atoms with van der Waals surface area (Å²) < 4.78 is 40.9. The molecule has 0 bridgehead atoms. The quantitative estimate of drug-likeness (QED) is 0.213. The zero-order valence-electron chi connectivity index (χ0n) is 23.2. The van der Waals surface area contributed by atoms with E-state index < -0.39 is 23.0 Å². The number of aromatic nitrogens is 5. The molecule has 43 heavy (non-hydrogen) atoms. The van der Waals surface area contributed by atoms with Gasteiger partial charge in [0.1, 0.15) is 17.0 Å². The second kappa shape index (κ2) is 12.1. The molecule has 0 aliphatic heterocycles. The van der Waals surface area contributed by atoms with E-state index in [1.165, 1.54) is 48.7 Å². The van der Waals surface area contributed by atoms with Gasteiger partial charge in [-0.15, -0.1) is 0 Å². The highest BCUT2D eigenvalue weighted by Crippen LogP contribution is 2.36. The monoisotopic (exact) mass is 586 g/mol. The first-order chi connectivity index (χ1) is 20.9. The summed E-state index contributed by atoms with van der Waals surface area (Å²) in [6.45, 7) is 0.646. The summed E-state index contributed by atoms with van der Waals surface area (Å²) in [6, 6.07) is 12.5. The Bertz CT molecular complexity index is 1840. The summed E-state index contributed by atoms with van der Waals surface area (Å²) in [6.07, 6.45) is 5.75. The van der Waals surface area contributed by atoms with Crippen LogP contribution in [0.1, 0.15) is 35.2 Å². The molecule has 220 valence electrons. The van der Waals surface area contributed by atoms with Gasteiger partial charge < -0.3 is 14.8 Å². The molecule has 1 unspecified atom stereocenters. The lowest BCUT2D eigenvalue weighted by atomic mass is 10.0. The van der Waals surface area contributed by atoms with E-state index in [2.05, 4.69) is 25.6 Å². The zero-order valence-corrected chi connectivity index (χ0v) is 23.2. The number of halogens is 2. The molecule has 2 aromatic carbocycles. The van der Waals surface area contributed by atoms with Gasteiger partial charge in [0.2, 0.25) is 0 Å². The molecule has 3 heterocycles. The Kier molecular flexibility index (Phi) is 7.93. The van der Waals surface area contributed by atoms with Crippen LogP contribution in [0.2, 0.25) is 0 Å². The molecule has 5 aromatic rings. The molecule has 0 saturated heterocycles. The summed E-state index contributed by atoms with van der Waals surface area (Å²) in [5, 5.41) is 15.4. The Labute approximate surface area is 244 Å². The maximum Gasteiger partial charge on any atom is 0.282 e. The van der Waals surface area contributed by atoms with Crippen LogP contribution in [0, 0.1) is 17.6 Å². The van der Waals surface area contributed by atoms with Gasteiger partial charge >= 0.3 is 0 Å². The van der Waals surface area contributed by atoms with E-state index in [1.807, 2.05) is 0 Å². The minimum atomic E-state index is -0.678. The Balaban J connectivity index is 1.20. The number of fused-ring (bicyclic) bond motifs is 1. The van der Waals surface area contributed by atoms with Crippen molar-refractivity contribution in [2.45, 2.75) is 31.7 Å². The van der Waals surface area contributed by atoms with Crippen molar-refractivity contribution in [1.29, 1.82) is 0 Å². The maximum atomic E-state index is 15.3. The van der Waals surface area contributed by atoms with Crippen LogP contribution < -0.4 is 15.6 Å². The summed E-state index contributed by atoms with van der Waals surface area (Å²) >= 11 is 0. The summed E-state index contributed by atoms with van der Waals surface area (Å²) in [5.74, 6) is -0.419. The number of anilines is 1. The summed E-state index contributed by atoms with van der Waals surface area (Å²) in [4.78, 5) is 30.3. The number of hydrogen-bond donors (Lipinski definition) is 2. The van der Waals surface area contributed by atoms with Crippen molar-refractivity contribution in [3.8, 4) is 17.2 Å². The minimum absolute atomic E-state index is 0.0449. The molecule has 2 atom stereocenters. The molecule has 1 saturated carbocycles. The number of rotatable bonds is 10. The van der Waals surface area contributed by atoms with Gasteiger partial charge in [0.05, 0.1) is 17.9 Å². The topological polar surface area (TPSA) is 124 Å². The van der Waals surface area contributed by atoms with Gasteiger partial charge in [0.25, 0.3) is 5.56 Å². The summed E-state index contributed by atoms with van der Waals surface area (Å²) in [7, 11) is 1.69. The van der Waals surface area contributed by atoms with E-state index in [4.69, 9.17) is 9.47 Å². The largest absolute Gasteiger partial charge is 0.453 e. The number of hydrogen-bond acceptors (Lipinski definition) is 8. The van der Waals surface area contributed by atoms with Gasteiger partial charge in [-0.3, -0.25) is 14.7 Å². The van der Waals surface area contributed by atoms with Gasteiger partial charge in [-0.2, -0.15) is 14.9 Å². The second-order valence-electron chi connectivity index (χ2n) is 10.4. The third-order valence-corrected chi connectivity index (χ3v) is 7.58. The molecule has 6 rings (SSSR count). The highest BCUT2D eigenvalue weighted by atomic mass is 19.1. The molecular formula is C31H28F2N6O4. The van der Waals surface area contributed by atoms with E-state index in [-0.39, 0.29) is 23.8 Å². The maximum absolute atomic E-state index is 15.3. The standard InChI is InChI=1S/C31H28F2N6O4/c1-42-17-19-3-2-4-24(19)36-30-28-27(12-13-34-29(28)37-38-30)43-26-10-5-18(15-23(26)33)16-25(40)22-11-14-35-39(31(22)41)21-8-6-20(32)7-9-21/h5-15,19,24H,2-4,16-17H2,1H3,(H2,34,36,37,38)/t19-,24?/m0/s1. The van der Waals surface area contributed by atoms with Crippen LogP contribution >= 0.6 is 0 Å². The Morgan fingerprint density at radius 3 is 2.70 bits per heavy atom. The van der Waals surface area contributed by atoms with E-state index >= 15 is 4.39 Å². The van der Waals surface area contributed by atoms with E-state index in [1.54, 1.807) is 25.4 Å². The fourth-order valence-corrected chi connectivity index (χ4v) is 5.45. The number of ether oxygens (including phenoxy) is 2. The number of pyridine rings is 1. The molecular weight excluding hydrogens is 558 g/mol. The van der Waals surface area contributed by atoms with Crippen LogP contribution in [0.25, 0.3) is 16.7 Å². The third-order valence-electron chi connectivity index (χ3n) is 7.58. The van der Waals surface area contributed by atoms with Crippen LogP contribution in [-0.4, -0.2) is 50.5 Å². The number of nitrogens with zero attached hydrogens (tertiary/aromatic N) is 4. The van der Waals surface area contributed by atoms with Gasteiger partial charge in [-0.25, -0.2) is 13.8 Å². The van der Waals surface area contributed by atoms with E-state index in [0.717, 1.165) is 23.9 Å². The Morgan fingerprint density at radius 2 is 1.91 bits per heavy atom. The van der Waals surface area contributed by atoms with Crippen LogP contribution in [-0.2, 0) is 11.2 Å². The minimum Gasteiger partial charge on any atom is -0.453 e. The predicted octanol–water partition coefficient (Wildman–Crippen LogP) is 5.23. The average molecular weight is 587 g/mol. The van der Waals surface area contributed by atoms with Gasteiger partial charge in [-0.1, -0.05) is 12.5 Å². The molecule has 1 fully saturated rings. The predicted molar refractivity (Wildman–Crippen MR) is 155 cm³/mol. The molecule has 3 aromatic heterocycles. The van der Waals surface area contributed by atoms with E-state index in [0.29, 0.717) is 46.4 Å². The highest BCUT2D eigenvalue weighted by Gasteiger charge is 2.29. The first-order valence-electron chi connectivity index (χ1n) is 13.8. The number of ketones is 1. The fourth-order valence-electron chi connectivity index (χ4n) is 5.45. The number of H-pyrrole nitrogens is 1. The van der Waals surface area contributed by atoms with Crippen molar-refractivity contribution in [3.05, 3.63) is 100 Å². The SMILES string of the molecule is COC[C@@H]1CCCC1Nc1n[nH]c2nccc(Oc3ccc(CC(=O)c4ccnn(-c5ccc(F)cc5)c4=O)cc3F)c12. The normalized spacial score (nSPS) is 16.4. The highest BCUT2D eigenvalue weighted by molar-refractivity contribution is 5.97. The number of Topliss-reactive ketones (excluding diaryl/α,β-unsaturated/α-hetero) is 1. The van der Waals surface area contributed by atoms with Crippen molar-refractivity contribution < 1.29 is 23.0 Å². The van der Waals surface area contributed by atoms with Crippen molar-refractivity contribution in [2.24, 2.45) is 5.92 Å². The molecule has 2 N–H and O–H groups in total. The number of carbonyl (C=O) groups excluding carboxylic acids is 1. The van der Waals surface area contributed by atoms with Gasteiger partial charge in [-0.05, 0) is 60.9 Å². The number of nitrogens with one attached hydrogen (secondary N) is 2. The Hall–Kier alpha value is -4.97. The van der Waals surface area contributed by atoms with Crippen LogP contribution in [0.15, 0.2) is 71.8 Å².